The second kappa shape index (κ2) is 6.17. The van der Waals surface area contributed by atoms with Gasteiger partial charge in [-0.05, 0) is 37.6 Å². The van der Waals surface area contributed by atoms with Gasteiger partial charge in [0.05, 0.1) is 10.6 Å². The molecular weight excluding hydrogens is 253 g/mol. The summed E-state index contributed by atoms with van der Waals surface area (Å²) in [6.45, 7) is 1.96. The van der Waals surface area contributed by atoms with E-state index in [1.165, 1.54) is 33.7 Å². The molecule has 0 atom stereocenters. The first-order chi connectivity index (χ1) is 7.93. The van der Waals surface area contributed by atoms with Gasteiger partial charge in [0, 0.05) is 5.71 Å². The molecule has 0 aromatic heterocycles. The van der Waals surface area contributed by atoms with Crippen molar-refractivity contribution in [2.75, 3.05) is 5.43 Å². The van der Waals surface area contributed by atoms with Crippen LogP contribution in [0, 0.1) is 0 Å². The molecule has 0 saturated carbocycles. The van der Waals surface area contributed by atoms with E-state index in [9.17, 15) is 8.42 Å². The third kappa shape index (κ3) is 4.88. The summed E-state index contributed by atoms with van der Waals surface area (Å²) in [5.74, 6) is 0. The van der Waals surface area contributed by atoms with Gasteiger partial charge in [-0.25, -0.2) is 13.6 Å². The third-order valence-electron chi connectivity index (χ3n) is 2.17. The van der Waals surface area contributed by atoms with Crippen LogP contribution in [0.2, 0.25) is 5.28 Å². The zero-order valence-corrected chi connectivity index (χ0v) is 12.8. The van der Waals surface area contributed by atoms with Gasteiger partial charge in [-0.1, -0.05) is 5.28 Å². The van der Waals surface area contributed by atoms with Crippen molar-refractivity contribution in [1.82, 2.24) is 0 Å². The molecule has 0 spiro atoms. The Bertz CT molecular complexity index is 497. The van der Waals surface area contributed by atoms with Gasteiger partial charge < -0.3 is 0 Å². The number of nitrogens with one attached hydrogen (secondary N) is 1. The van der Waals surface area contributed by atoms with E-state index in [0.29, 0.717) is 0 Å². The summed E-state index contributed by atoms with van der Waals surface area (Å²) in [4.78, 5) is 0.100. The van der Waals surface area contributed by atoms with Crippen molar-refractivity contribution in [3.05, 3.63) is 24.3 Å². The molecule has 0 radical (unpaired) electrons. The van der Waals surface area contributed by atoms with Crippen LogP contribution in [0.4, 0.5) is 5.69 Å². The third-order valence-corrected chi connectivity index (χ3v) is 3.60. The molecule has 1 aromatic carbocycles. The molecule has 7 heteroatoms. The van der Waals surface area contributed by atoms with E-state index in [-0.39, 0.29) is 4.90 Å². The Morgan fingerprint density at radius 3 is 2.47 bits per heavy atom. The monoisotopic (exact) mass is 269 g/mol. The van der Waals surface area contributed by atoms with Crippen LogP contribution in [0.1, 0.15) is 13.3 Å². The maximum absolute atomic E-state index is 11.0. The average Bonchev–Trinajstić information content (AvgIpc) is 2.26. The SMILES string of the molecule is C/C(C[CH2][AlH2])=N/Nc1ccc(S(N)(=O)=O)cc1. The van der Waals surface area contributed by atoms with Crippen LogP contribution in [0.3, 0.4) is 0 Å². The summed E-state index contributed by atoms with van der Waals surface area (Å²) < 4.78 is 22.1. The largest absolute Gasteiger partial charge is 0.279 e. The van der Waals surface area contributed by atoms with Crippen molar-refractivity contribution in [3.63, 3.8) is 0 Å². The van der Waals surface area contributed by atoms with E-state index >= 15 is 0 Å². The topological polar surface area (TPSA) is 84.5 Å². The second-order valence-corrected chi connectivity index (χ2v) is 6.34. The van der Waals surface area contributed by atoms with Crippen LogP contribution in [-0.4, -0.2) is 30.4 Å². The van der Waals surface area contributed by atoms with Gasteiger partial charge in [-0.3, -0.25) is 5.43 Å². The summed E-state index contributed by atoms with van der Waals surface area (Å²) >= 11 is 1.17. The Morgan fingerprint density at radius 2 is 2.00 bits per heavy atom. The van der Waals surface area contributed by atoms with Crippen LogP contribution in [-0.2, 0) is 10.0 Å². The lowest BCUT2D eigenvalue weighted by Crippen LogP contribution is -2.11. The fourth-order valence-electron chi connectivity index (χ4n) is 1.30. The molecule has 3 N–H and O–H groups in total. The van der Waals surface area contributed by atoms with Crippen LogP contribution in [0.25, 0.3) is 0 Å². The Hall–Kier alpha value is -0.868. The number of primary sulfonamides is 1. The van der Waals surface area contributed by atoms with Gasteiger partial charge in [0.2, 0.25) is 26.3 Å². The molecule has 17 heavy (non-hydrogen) atoms. The highest BCUT2D eigenvalue weighted by atomic mass is 32.2. The lowest BCUT2D eigenvalue weighted by Gasteiger charge is -2.03. The number of benzene rings is 1. The molecule has 0 aliphatic rings. The highest BCUT2D eigenvalue weighted by Gasteiger charge is 2.06. The molecule has 0 bridgehead atoms. The maximum atomic E-state index is 11.0. The molecule has 0 fully saturated rings. The molecule has 0 heterocycles. The van der Waals surface area contributed by atoms with Gasteiger partial charge in [-0.2, -0.15) is 5.10 Å². The molecule has 0 unspecified atom stereocenters. The molecule has 0 amide bonds. The van der Waals surface area contributed by atoms with Gasteiger partial charge in [-0.15, -0.1) is 0 Å². The molecule has 5 nitrogen and oxygen atoms in total. The van der Waals surface area contributed by atoms with Gasteiger partial charge in [0.1, 0.15) is 0 Å². The first kappa shape index (κ1) is 14.2. The highest BCUT2D eigenvalue weighted by molar-refractivity contribution is 7.89. The smallest absolute Gasteiger partial charge is 0.238 e. The van der Waals surface area contributed by atoms with Crippen molar-refractivity contribution in [2.24, 2.45) is 10.2 Å². The normalized spacial score (nSPS) is 12.5. The van der Waals surface area contributed by atoms with E-state index in [1.807, 2.05) is 6.92 Å². The number of hydrazone groups is 1. The van der Waals surface area contributed by atoms with Gasteiger partial charge in [0.15, 0.2) is 0 Å². The summed E-state index contributed by atoms with van der Waals surface area (Å²) in [6, 6.07) is 6.18. The number of nitrogens with zero attached hydrogens (tertiary/aromatic N) is 1. The average molecular weight is 269 g/mol. The lowest BCUT2D eigenvalue weighted by atomic mass is 10.3. The van der Waals surface area contributed by atoms with Gasteiger partial charge >= 0.3 is 0 Å². The van der Waals surface area contributed by atoms with E-state index < -0.39 is 10.0 Å². The number of nitrogens with two attached hydrogens (primary N) is 1. The quantitative estimate of drug-likeness (QED) is 0.465. The van der Waals surface area contributed by atoms with Crippen molar-refractivity contribution in [2.45, 2.75) is 23.5 Å². The Labute approximate surface area is 110 Å². The minimum atomic E-state index is -3.62. The molecular formula is C10H16AlN3O2S. The number of anilines is 1. The van der Waals surface area contributed by atoms with Crippen molar-refractivity contribution < 1.29 is 8.42 Å². The number of hydrogen-bond acceptors (Lipinski definition) is 4. The summed E-state index contributed by atoms with van der Waals surface area (Å²) in [5, 5.41) is 10.4. The van der Waals surface area contributed by atoms with Crippen LogP contribution in [0.5, 0.6) is 0 Å². The van der Waals surface area contributed by atoms with E-state index in [1.54, 1.807) is 12.1 Å². The molecule has 1 rings (SSSR count). The van der Waals surface area contributed by atoms with Crippen molar-refractivity contribution >= 4 is 37.7 Å². The minimum Gasteiger partial charge on any atom is -0.279 e. The molecule has 0 aliphatic heterocycles. The number of sulfonamides is 1. The lowest BCUT2D eigenvalue weighted by molar-refractivity contribution is 0.598. The van der Waals surface area contributed by atoms with Crippen molar-refractivity contribution in [3.8, 4) is 0 Å². The molecule has 1 aromatic rings. The summed E-state index contributed by atoms with van der Waals surface area (Å²) in [6.07, 6.45) is 0.995. The molecule has 0 aliphatic carbocycles. The fraction of sp³-hybridized carbons (Fsp3) is 0.300. The van der Waals surface area contributed by atoms with E-state index in [0.717, 1.165) is 17.8 Å². The zero-order chi connectivity index (χ0) is 12.9. The Morgan fingerprint density at radius 1 is 1.41 bits per heavy atom. The number of rotatable bonds is 5. The van der Waals surface area contributed by atoms with E-state index in [2.05, 4.69) is 10.5 Å². The predicted molar refractivity (Wildman–Crippen MR) is 72.5 cm³/mol. The first-order valence-corrected chi connectivity index (χ1v) is 8.31. The maximum Gasteiger partial charge on any atom is 0.238 e. The number of hydrogen-bond donors (Lipinski definition) is 2. The van der Waals surface area contributed by atoms with Crippen LogP contribution >= 0.6 is 0 Å². The predicted octanol–water partition coefficient (Wildman–Crippen LogP) is 0.563. The Kier molecular flexibility index (Phi) is 5.15. The minimum absolute atomic E-state index is 0.100. The Balaban J connectivity index is 2.73. The molecule has 92 valence electrons. The van der Waals surface area contributed by atoms with Crippen molar-refractivity contribution in [1.29, 1.82) is 0 Å². The zero-order valence-electron chi connectivity index (χ0n) is 9.97. The van der Waals surface area contributed by atoms with E-state index in [4.69, 9.17) is 5.14 Å². The van der Waals surface area contributed by atoms with Gasteiger partial charge in [0.25, 0.3) is 0 Å². The standard InChI is InChI=1S/C10H14N3O2S.Al.2H/c1-3-8(2)12-13-9-4-6-10(7-5-9)16(11,14)15;;;/h4-7,13H,1,3H2,2H3,(H2,11,14,15);;;/b12-8-;;;. The molecule has 0 saturated heterocycles. The van der Waals surface area contributed by atoms with Crippen LogP contribution < -0.4 is 10.6 Å². The fourth-order valence-corrected chi connectivity index (χ4v) is 2.54. The first-order valence-electron chi connectivity index (χ1n) is 5.35. The highest BCUT2D eigenvalue weighted by Crippen LogP contribution is 2.12. The van der Waals surface area contributed by atoms with Crippen LogP contribution in [0.15, 0.2) is 34.3 Å². The summed E-state index contributed by atoms with van der Waals surface area (Å²) in [7, 11) is -3.62. The summed E-state index contributed by atoms with van der Waals surface area (Å²) in [5.41, 5.74) is 4.65. The second-order valence-electron chi connectivity index (χ2n) is 3.78.